The first kappa shape index (κ1) is 16.4. The highest BCUT2D eigenvalue weighted by Crippen LogP contribution is 2.14. The predicted octanol–water partition coefficient (Wildman–Crippen LogP) is 1.34. The molecule has 4 heteroatoms. The number of hydrogen-bond donors (Lipinski definition) is 2. The molecule has 0 fully saturated rings. The van der Waals surface area contributed by atoms with E-state index in [1.807, 2.05) is 0 Å². The molecule has 1 unspecified atom stereocenters. The fourth-order valence-corrected chi connectivity index (χ4v) is 2.12. The highest BCUT2D eigenvalue weighted by atomic mass is 16.1. The number of amides is 1. The Labute approximate surface area is 106 Å². The van der Waals surface area contributed by atoms with E-state index in [9.17, 15) is 4.79 Å². The standard InChI is InChI=1S/C13H29N3O/c1-6-11(7-2)16(8-10(3)4)9-13(5,15)12(14)17/h10-11H,6-9,15H2,1-5H3,(H2,14,17). The third-order valence-electron chi connectivity index (χ3n) is 3.15. The molecule has 0 spiro atoms. The van der Waals surface area contributed by atoms with Crippen LogP contribution in [0.1, 0.15) is 47.5 Å². The van der Waals surface area contributed by atoms with E-state index in [-0.39, 0.29) is 0 Å². The second-order valence-corrected chi connectivity index (χ2v) is 5.58. The second kappa shape index (κ2) is 6.97. The van der Waals surface area contributed by atoms with Crippen molar-refractivity contribution < 1.29 is 4.79 Å². The van der Waals surface area contributed by atoms with Crippen molar-refractivity contribution in [3.8, 4) is 0 Å². The topological polar surface area (TPSA) is 72.3 Å². The van der Waals surface area contributed by atoms with Crippen LogP contribution < -0.4 is 11.5 Å². The molecule has 0 aromatic heterocycles. The molecule has 1 amide bonds. The minimum atomic E-state index is -0.947. The molecule has 0 aromatic rings. The van der Waals surface area contributed by atoms with Crippen molar-refractivity contribution >= 4 is 5.91 Å². The van der Waals surface area contributed by atoms with E-state index >= 15 is 0 Å². The van der Waals surface area contributed by atoms with Crippen LogP contribution in [0.4, 0.5) is 0 Å². The molecule has 0 saturated carbocycles. The molecule has 1 atom stereocenters. The third kappa shape index (κ3) is 5.50. The van der Waals surface area contributed by atoms with Crippen LogP contribution in [0.15, 0.2) is 0 Å². The molecule has 0 bridgehead atoms. The largest absolute Gasteiger partial charge is 0.368 e. The molecule has 0 radical (unpaired) electrons. The summed E-state index contributed by atoms with van der Waals surface area (Å²) in [4.78, 5) is 13.6. The van der Waals surface area contributed by atoms with E-state index in [1.54, 1.807) is 6.92 Å². The number of primary amides is 1. The van der Waals surface area contributed by atoms with E-state index < -0.39 is 11.4 Å². The number of nitrogens with zero attached hydrogens (tertiary/aromatic N) is 1. The van der Waals surface area contributed by atoms with Gasteiger partial charge in [-0.05, 0) is 25.7 Å². The van der Waals surface area contributed by atoms with Gasteiger partial charge in [0.05, 0.1) is 0 Å². The molecule has 0 aliphatic heterocycles. The lowest BCUT2D eigenvalue weighted by Gasteiger charge is -2.36. The summed E-state index contributed by atoms with van der Waals surface area (Å²) in [5.41, 5.74) is 10.4. The van der Waals surface area contributed by atoms with Gasteiger partial charge in [-0.1, -0.05) is 27.7 Å². The fraction of sp³-hybridized carbons (Fsp3) is 0.923. The molecule has 0 aliphatic rings. The first-order chi connectivity index (χ1) is 7.74. The van der Waals surface area contributed by atoms with Gasteiger partial charge in [0.15, 0.2) is 0 Å². The Hall–Kier alpha value is -0.610. The van der Waals surface area contributed by atoms with Gasteiger partial charge >= 0.3 is 0 Å². The van der Waals surface area contributed by atoms with Crippen LogP contribution in [-0.2, 0) is 4.79 Å². The lowest BCUT2D eigenvalue weighted by molar-refractivity contribution is -0.123. The quantitative estimate of drug-likeness (QED) is 0.675. The molecule has 17 heavy (non-hydrogen) atoms. The molecule has 0 saturated heterocycles. The normalized spacial score (nSPS) is 15.6. The van der Waals surface area contributed by atoms with Gasteiger partial charge in [0.2, 0.25) is 5.91 Å². The summed E-state index contributed by atoms with van der Waals surface area (Å²) < 4.78 is 0. The summed E-state index contributed by atoms with van der Waals surface area (Å²) in [5, 5.41) is 0. The average molecular weight is 243 g/mol. The van der Waals surface area contributed by atoms with Crippen LogP contribution in [-0.4, -0.2) is 35.5 Å². The number of hydrogen-bond acceptors (Lipinski definition) is 3. The van der Waals surface area contributed by atoms with E-state index in [2.05, 4.69) is 32.6 Å². The average Bonchev–Trinajstić information content (AvgIpc) is 2.17. The number of carbonyl (C=O) groups is 1. The Balaban J connectivity index is 4.75. The first-order valence-electron chi connectivity index (χ1n) is 6.57. The molecule has 102 valence electrons. The molecule has 4 nitrogen and oxygen atoms in total. The number of nitrogens with two attached hydrogens (primary N) is 2. The van der Waals surface area contributed by atoms with Crippen molar-refractivity contribution in [2.45, 2.75) is 59.0 Å². The van der Waals surface area contributed by atoms with Gasteiger partial charge in [0.25, 0.3) is 0 Å². The lowest BCUT2D eigenvalue weighted by Crippen LogP contribution is -2.58. The summed E-state index contributed by atoms with van der Waals surface area (Å²) in [6, 6.07) is 0.472. The molecule has 0 aliphatic carbocycles. The summed E-state index contributed by atoms with van der Waals surface area (Å²) >= 11 is 0. The summed E-state index contributed by atoms with van der Waals surface area (Å²) in [6.07, 6.45) is 2.14. The van der Waals surface area contributed by atoms with Gasteiger partial charge in [0, 0.05) is 19.1 Å². The van der Waals surface area contributed by atoms with E-state index in [4.69, 9.17) is 11.5 Å². The Kier molecular flexibility index (Phi) is 6.72. The molecule has 4 N–H and O–H groups in total. The number of rotatable bonds is 8. The lowest BCUT2D eigenvalue weighted by atomic mass is 9.99. The Morgan fingerprint density at radius 3 is 2.06 bits per heavy atom. The van der Waals surface area contributed by atoms with E-state index in [0.29, 0.717) is 18.5 Å². The molecular weight excluding hydrogens is 214 g/mol. The maximum atomic E-state index is 11.3. The van der Waals surface area contributed by atoms with Crippen LogP contribution in [0, 0.1) is 5.92 Å². The zero-order valence-electron chi connectivity index (χ0n) is 12.0. The van der Waals surface area contributed by atoms with Gasteiger partial charge in [-0.3, -0.25) is 9.69 Å². The van der Waals surface area contributed by atoms with Crippen molar-refractivity contribution in [2.75, 3.05) is 13.1 Å². The van der Waals surface area contributed by atoms with E-state index in [0.717, 1.165) is 19.4 Å². The molecule has 0 aromatic carbocycles. The fourth-order valence-electron chi connectivity index (χ4n) is 2.12. The van der Waals surface area contributed by atoms with Gasteiger partial charge in [0.1, 0.15) is 5.54 Å². The second-order valence-electron chi connectivity index (χ2n) is 5.58. The van der Waals surface area contributed by atoms with Gasteiger partial charge < -0.3 is 11.5 Å². The zero-order valence-corrected chi connectivity index (χ0v) is 12.0. The highest BCUT2D eigenvalue weighted by Gasteiger charge is 2.30. The van der Waals surface area contributed by atoms with Crippen LogP contribution in [0.2, 0.25) is 0 Å². The Morgan fingerprint density at radius 2 is 1.76 bits per heavy atom. The minimum absolute atomic E-state index is 0.433. The van der Waals surface area contributed by atoms with Crippen LogP contribution in [0.3, 0.4) is 0 Å². The van der Waals surface area contributed by atoms with Gasteiger partial charge in [-0.25, -0.2) is 0 Å². The van der Waals surface area contributed by atoms with Crippen molar-refractivity contribution in [3.63, 3.8) is 0 Å². The Bertz CT molecular complexity index is 235. The van der Waals surface area contributed by atoms with Crippen molar-refractivity contribution in [1.29, 1.82) is 0 Å². The third-order valence-corrected chi connectivity index (χ3v) is 3.15. The highest BCUT2D eigenvalue weighted by molar-refractivity contribution is 5.84. The Morgan fingerprint density at radius 1 is 1.29 bits per heavy atom. The van der Waals surface area contributed by atoms with Crippen molar-refractivity contribution in [3.05, 3.63) is 0 Å². The first-order valence-corrected chi connectivity index (χ1v) is 6.57. The van der Waals surface area contributed by atoms with Crippen LogP contribution in [0.25, 0.3) is 0 Å². The summed E-state index contributed by atoms with van der Waals surface area (Å²) in [7, 11) is 0. The monoisotopic (exact) mass is 243 g/mol. The minimum Gasteiger partial charge on any atom is -0.368 e. The van der Waals surface area contributed by atoms with E-state index in [1.165, 1.54) is 0 Å². The van der Waals surface area contributed by atoms with Crippen molar-refractivity contribution in [1.82, 2.24) is 4.90 Å². The van der Waals surface area contributed by atoms with Crippen LogP contribution in [0.5, 0.6) is 0 Å². The predicted molar refractivity (Wildman–Crippen MR) is 72.6 cm³/mol. The molecule has 0 rings (SSSR count). The van der Waals surface area contributed by atoms with Gasteiger partial charge in [-0.15, -0.1) is 0 Å². The molecule has 0 heterocycles. The maximum absolute atomic E-state index is 11.3. The molecular formula is C13H29N3O. The summed E-state index contributed by atoms with van der Waals surface area (Å²) in [5.74, 6) is 0.122. The zero-order chi connectivity index (χ0) is 13.6. The van der Waals surface area contributed by atoms with Gasteiger partial charge in [-0.2, -0.15) is 0 Å². The smallest absolute Gasteiger partial charge is 0.238 e. The maximum Gasteiger partial charge on any atom is 0.238 e. The number of carbonyl (C=O) groups excluding carboxylic acids is 1. The van der Waals surface area contributed by atoms with Crippen molar-refractivity contribution in [2.24, 2.45) is 17.4 Å². The van der Waals surface area contributed by atoms with Crippen LogP contribution >= 0.6 is 0 Å². The summed E-state index contributed by atoms with van der Waals surface area (Å²) in [6.45, 7) is 11.9. The SMILES string of the molecule is CCC(CC)N(CC(C)C)CC(C)(N)C(N)=O.